The lowest BCUT2D eigenvalue weighted by Gasteiger charge is -2.07. The molecular weight excluding hydrogens is 212 g/mol. The molecule has 0 unspecified atom stereocenters. The smallest absolute Gasteiger partial charge is 0.311 e. The monoisotopic (exact) mass is 226 g/mol. The van der Waals surface area contributed by atoms with Crippen molar-refractivity contribution < 1.29 is 9.66 Å². The minimum absolute atomic E-state index is 0.0584. The van der Waals surface area contributed by atoms with Gasteiger partial charge in [-0.25, -0.2) is 0 Å². The molecule has 1 aromatic rings. The molecule has 0 aliphatic rings. The van der Waals surface area contributed by atoms with Gasteiger partial charge in [0, 0.05) is 25.2 Å². The van der Waals surface area contributed by atoms with E-state index in [1.165, 1.54) is 19.2 Å². The number of methoxy groups -OCH3 is 1. The lowest BCUT2D eigenvalue weighted by molar-refractivity contribution is -0.384. The summed E-state index contributed by atoms with van der Waals surface area (Å²) in [6, 6.07) is 2.83. The second-order valence-corrected chi connectivity index (χ2v) is 3.01. The van der Waals surface area contributed by atoms with Gasteiger partial charge in [0.05, 0.1) is 12.0 Å². The van der Waals surface area contributed by atoms with E-state index in [1.54, 1.807) is 7.05 Å². The topological polar surface area (TPSA) is 89.3 Å². The van der Waals surface area contributed by atoms with Gasteiger partial charge in [-0.05, 0) is 7.05 Å². The number of aromatic nitrogens is 1. The molecule has 0 atom stereocenters. The predicted molar refractivity (Wildman–Crippen MR) is 59.9 cm³/mol. The normalized spacial score (nSPS) is 9.88. The van der Waals surface area contributed by atoms with Gasteiger partial charge in [0.1, 0.15) is 0 Å². The second kappa shape index (κ2) is 5.86. The fraction of sp³-hybridized carbons (Fsp3) is 0.444. The summed E-state index contributed by atoms with van der Waals surface area (Å²) in [4.78, 5) is 14.2. The van der Waals surface area contributed by atoms with Gasteiger partial charge in [-0.15, -0.1) is 0 Å². The maximum Gasteiger partial charge on any atom is 0.311 e. The van der Waals surface area contributed by atoms with E-state index in [2.05, 4.69) is 15.6 Å². The molecule has 0 aliphatic heterocycles. The van der Waals surface area contributed by atoms with Gasteiger partial charge in [-0.3, -0.25) is 10.1 Å². The summed E-state index contributed by atoms with van der Waals surface area (Å²) in [6.07, 6.45) is 0. The Morgan fingerprint density at radius 2 is 2.25 bits per heavy atom. The average Bonchev–Trinajstić information content (AvgIpc) is 2.29. The highest BCUT2D eigenvalue weighted by Gasteiger charge is 2.15. The molecule has 0 aromatic carbocycles. The molecule has 2 N–H and O–H groups in total. The van der Waals surface area contributed by atoms with Crippen molar-refractivity contribution in [3.8, 4) is 5.88 Å². The Hall–Kier alpha value is -1.89. The molecular formula is C9H14N4O3. The van der Waals surface area contributed by atoms with Crippen LogP contribution in [0.25, 0.3) is 0 Å². The molecule has 7 heteroatoms. The number of likely N-dealkylation sites (N-methyl/N-ethyl adjacent to an activating group) is 1. The molecule has 1 rings (SSSR count). The van der Waals surface area contributed by atoms with Crippen LogP contribution in [0.15, 0.2) is 12.1 Å². The summed E-state index contributed by atoms with van der Waals surface area (Å²) in [7, 11) is 3.26. The molecule has 0 amide bonds. The number of nitrogens with one attached hydrogen (secondary N) is 2. The molecule has 0 saturated heterocycles. The SMILES string of the molecule is CNCCNc1nc(OC)ccc1[N+](=O)[O-]. The molecule has 1 heterocycles. The molecule has 0 saturated carbocycles. The van der Waals surface area contributed by atoms with Gasteiger partial charge in [0.15, 0.2) is 0 Å². The highest BCUT2D eigenvalue weighted by atomic mass is 16.6. The van der Waals surface area contributed by atoms with E-state index in [0.717, 1.165) is 0 Å². The molecule has 1 aromatic heterocycles. The predicted octanol–water partition coefficient (Wildman–Crippen LogP) is 0.630. The second-order valence-electron chi connectivity index (χ2n) is 3.01. The molecule has 7 nitrogen and oxygen atoms in total. The molecule has 16 heavy (non-hydrogen) atoms. The van der Waals surface area contributed by atoms with Crippen molar-refractivity contribution >= 4 is 11.5 Å². The number of ether oxygens (including phenoxy) is 1. The molecule has 0 bridgehead atoms. The van der Waals surface area contributed by atoms with Crippen LogP contribution in [0.4, 0.5) is 11.5 Å². The first-order valence-corrected chi connectivity index (χ1v) is 4.77. The largest absolute Gasteiger partial charge is 0.481 e. The first kappa shape index (κ1) is 12.2. The summed E-state index contributed by atoms with van der Waals surface area (Å²) in [6.45, 7) is 1.24. The van der Waals surface area contributed by atoms with Crippen LogP contribution in [-0.4, -0.2) is 37.2 Å². The van der Waals surface area contributed by atoms with Crippen LogP contribution in [0.1, 0.15) is 0 Å². The van der Waals surface area contributed by atoms with E-state index in [9.17, 15) is 10.1 Å². The maximum atomic E-state index is 10.7. The lowest BCUT2D eigenvalue weighted by Crippen LogP contribution is -2.18. The Bertz CT molecular complexity index is 370. The van der Waals surface area contributed by atoms with E-state index < -0.39 is 4.92 Å². The van der Waals surface area contributed by atoms with Gasteiger partial charge in [-0.1, -0.05) is 0 Å². The van der Waals surface area contributed by atoms with E-state index in [4.69, 9.17) is 4.74 Å². The van der Waals surface area contributed by atoms with Crippen LogP contribution in [0.5, 0.6) is 5.88 Å². The molecule has 0 radical (unpaired) electrons. The molecule has 88 valence electrons. The number of nitro groups is 1. The van der Waals surface area contributed by atoms with Crippen molar-refractivity contribution in [3.63, 3.8) is 0 Å². The van der Waals surface area contributed by atoms with Crippen LogP contribution in [0.3, 0.4) is 0 Å². The first-order valence-electron chi connectivity index (χ1n) is 4.77. The summed E-state index contributed by atoms with van der Waals surface area (Å²) in [5.41, 5.74) is -0.0584. The molecule has 0 fully saturated rings. The van der Waals surface area contributed by atoms with Gasteiger partial charge in [0.25, 0.3) is 0 Å². The number of hydrogen-bond donors (Lipinski definition) is 2. The third-order valence-electron chi connectivity index (χ3n) is 1.92. The summed E-state index contributed by atoms with van der Waals surface area (Å²) < 4.78 is 4.91. The maximum absolute atomic E-state index is 10.7. The van der Waals surface area contributed by atoms with Crippen LogP contribution >= 0.6 is 0 Å². The first-order chi connectivity index (χ1) is 7.69. The van der Waals surface area contributed by atoms with Crippen LogP contribution in [-0.2, 0) is 0 Å². The molecule has 0 aliphatic carbocycles. The van der Waals surface area contributed by atoms with Gasteiger partial charge in [0.2, 0.25) is 11.7 Å². The number of hydrogen-bond acceptors (Lipinski definition) is 6. The fourth-order valence-electron chi connectivity index (χ4n) is 1.13. The van der Waals surface area contributed by atoms with E-state index in [1.807, 2.05) is 0 Å². The number of anilines is 1. The zero-order valence-electron chi connectivity index (χ0n) is 9.19. The highest BCUT2D eigenvalue weighted by Crippen LogP contribution is 2.24. The van der Waals surface area contributed by atoms with Crippen molar-refractivity contribution in [1.29, 1.82) is 0 Å². The Morgan fingerprint density at radius 3 is 2.81 bits per heavy atom. The average molecular weight is 226 g/mol. The van der Waals surface area contributed by atoms with Crippen molar-refractivity contribution in [2.24, 2.45) is 0 Å². The standard InChI is InChI=1S/C9H14N4O3/c1-10-5-6-11-9-7(13(14)15)3-4-8(12-9)16-2/h3-4,10H,5-6H2,1-2H3,(H,11,12). The summed E-state index contributed by atoms with van der Waals surface area (Å²) in [5, 5.41) is 16.5. The lowest BCUT2D eigenvalue weighted by atomic mass is 10.4. The molecule has 0 spiro atoms. The number of rotatable bonds is 6. The Labute approximate surface area is 93.0 Å². The van der Waals surface area contributed by atoms with Gasteiger partial charge >= 0.3 is 5.69 Å². The van der Waals surface area contributed by atoms with E-state index in [0.29, 0.717) is 19.0 Å². The fourth-order valence-corrected chi connectivity index (χ4v) is 1.13. The number of pyridine rings is 1. The number of nitrogens with zero attached hydrogens (tertiary/aromatic N) is 2. The van der Waals surface area contributed by atoms with Crippen LogP contribution in [0.2, 0.25) is 0 Å². The summed E-state index contributed by atoms with van der Waals surface area (Å²) >= 11 is 0. The Morgan fingerprint density at radius 1 is 1.50 bits per heavy atom. The van der Waals surface area contributed by atoms with Gasteiger partial charge < -0.3 is 15.4 Å². The van der Waals surface area contributed by atoms with Crippen LogP contribution in [0, 0.1) is 10.1 Å². The highest BCUT2D eigenvalue weighted by molar-refractivity contribution is 5.56. The minimum Gasteiger partial charge on any atom is -0.481 e. The zero-order valence-corrected chi connectivity index (χ0v) is 9.19. The van der Waals surface area contributed by atoms with Crippen molar-refractivity contribution in [3.05, 3.63) is 22.2 Å². The Balaban J connectivity index is 2.87. The van der Waals surface area contributed by atoms with Crippen molar-refractivity contribution in [2.45, 2.75) is 0 Å². The van der Waals surface area contributed by atoms with E-state index >= 15 is 0 Å². The minimum atomic E-state index is -0.478. The zero-order chi connectivity index (χ0) is 12.0. The quantitative estimate of drug-likeness (QED) is 0.420. The van der Waals surface area contributed by atoms with Crippen LogP contribution < -0.4 is 15.4 Å². The van der Waals surface area contributed by atoms with E-state index in [-0.39, 0.29) is 11.5 Å². The van der Waals surface area contributed by atoms with Gasteiger partial charge in [-0.2, -0.15) is 4.98 Å². The summed E-state index contributed by atoms with van der Waals surface area (Å²) in [5.74, 6) is 0.567. The van der Waals surface area contributed by atoms with Crippen molar-refractivity contribution in [2.75, 3.05) is 32.6 Å². The third kappa shape index (κ3) is 3.06. The third-order valence-corrected chi connectivity index (χ3v) is 1.92. The van der Waals surface area contributed by atoms with Crippen molar-refractivity contribution in [1.82, 2.24) is 10.3 Å². The Kier molecular flexibility index (Phi) is 4.46.